The van der Waals surface area contributed by atoms with Crippen LogP contribution in [0.2, 0.25) is 0 Å². The third kappa shape index (κ3) is 3.69. The molecule has 19 heavy (non-hydrogen) atoms. The van der Waals surface area contributed by atoms with E-state index in [1.54, 1.807) is 0 Å². The fraction of sp³-hybridized carbons (Fsp3) is 0.385. The van der Waals surface area contributed by atoms with E-state index in [1.165, 1.54) is 0 Å². The molecule has 0 aliphatic carbocycles. The molecule has 0 spiro atoms. The predicted octanol–water partition coefficient (Wildman–Crippen LogP) is 0.314. The number of carboxylic acid groups (broad SMARTS) is 1. The summed E-state index contributed by atoms with van der Waals surface area (Å²) in [5, 5.41) is 14.6. The molecule has 6 nitrogen and oxygen atoms in total. The second kappa shape index (κ2) is 6.19. The molecule has 2 atom stereocenters. The Morgan fingerprint density at radius 1 is 1.26 bits per heavy atom. The summed E-state index contributed by atoms with van der Waals surface area (Å²) in [7, 11) is 0. The molecule has 1 aliphatic heterocycles. The summed E-state index contributed by atoms with van der Waals surface area (Å²) >= 11 is 0. The molecule has 102 valence electrons. The van der Waals surface area contributed by atoms with Crippen LogP contribution < -0.4 is 10.6 Å². The fourth-order valence-electron chi connectivity index (χ4n) is 1.94. The molecule has 6 heteroatoms. The van der Waals surface area contributed by atoms with Gasteiger partial charge in [-0.05, 0) is 12.1 Å². The summed E-state index contributed by atoms with van der Waals surface area (Å²) in [6.45, 7) is 0.493. The van der Waals surface area contributed by atoms with Crippen molar-refractivity contribution in [3.05, 3.63) is 30.3 Å². The van der Waals surface area contributed by atoms with E-state index in [2.05, 4.69) is 10.6 Å². The Kier molecular flexibility index (Phi) is 4.35. The van der Waals surface area contributed by atoms with E-state index in [0.29, 0.717) is 0 Å². The minimum absolute atomic E-state index is 0.104. The summed E-state index contributed by atoms with van der Waals surface area (Å²) in [4.78, 5) is 22.6. The first-order valence-corrected chi connectivity index (χ1v) is 6.05. The minimum atomic E-state index is -0.946. The van der Waals surface area contributed by atoms with E-state index in [1.807, 2.05) is 30.3 Å². The summed E-state index contributed by atoms with van der Waals surface area (Å²) < 4.78 is 5.08. The van der Waals surface area contributed by atoms with Gasteiger partial charge in [-0.25, -0.2) is 0 Å². The molecule has 1 heterocycles. The minimum Gasteiger partial charge on any atom is -0.481 e. The summed E-state index contributed by atoms with van der Waals surface area (Å²) in [6.07, 6.45) is 0. The van der Waals surface area contributed by atoms with Crippen molar-refractivity contribution in [2.75, 3.05) is 25.1 Å². The van der Waals surface area contributed by atoms with Gasteiger partial charge >= 0.3 is 5.97 Å². The Morgan fingerprint density at radius 2 is 2.00 bits per heavy atom. The maximum Gasteiger partial charge on any atom is 0.311 e. The number of hydrogen-bond donors (Lipinski definition) is 3. The highest BCUT2D eigenvalue weighted by atomic mass is 16.5. The zero-order chi connectivity index (χ0) is 13.7. The number of aliphatic carboxylic acids is 1. The molecule has 1 aliphatic rings. The smallest absolute Gasteiger partial charge is 0.311 e. The van der Waals surface area contributed by atoms with Crippen LogP contribution in [-0.4, -0.2) is 42.8 Å². The molecule has 0 saturated carbocycles. The van der Waals surface area contributed by atoms with Gasteiger partial charge in [0.2, 0.25) is 5.91 Å². The zero-order valence-electron chi connectivity index (χ0n) is 10.3. The number of nitrogens with one attached hydrogen (secondary N) is 2. The number of carbonyl (C=O) groups is 2. The van der Waals surface area contributed by atoms with E-state index in [-0.39, 0.29) is 25.7 Å². The van der Waals surface area contributed by atoms with Crippen molar-refractivity contribution in [2.24, 2.45) is 5.92 Å². The van der Waals surface area contributed by atoms with Gasteiger partial charge in [-0.15, -0.1) is 0 Å². The van der Waals surface area contributed by atoms with E-state index < -0.39 is 17.9 Å². The zero-order valence-corrected chi connectivity index (χ0v) is 10.3. The summed E-state index contributed by atoms with van der Waals surface area (Å²) in [5.41, 5.74) is 0.843. The van der Waals surface area contributed by atoms with Crippen LogP contribution in [0.3, 0.4) is 0 Å². The fourth-order valence-corrected chi connectivity index (χ4v) is 1.94. The Hall–Kier alpha value is -2.08. The monoisotopic (exact) mass is 264 g/mol. The van der Waals surface area contributed by atoms with Gasteiger partial charge in [0.15, 0.2) is 0 Å². The molecule has 2 unspecified atom stereocenters. The highest BCUT2D eigenvalue weighted by molar-refractivity contribution is 5.82. The van der Waals surface area contributed by atoms with Crippen molar-refractivity contribution in [1.29, 1.82) is 0 Å². The second-order valence-electron chi connectivity index (χ2n) is 4.38. The van der Waals surface area contributed by atoms with Crippen LogP contribution in [0.25, 0.3) is 0 Å². The van der Waals surface area contributed by atoms with Crippen molar-refractivity contribution < 1.29 is 19.4 Å². The van der Waals surface area contributed by atoms with Crippen molar-refractivity contribution in [2.45, 2.75) is 6.04 Å². The van der Waals surface area contributed by atoms with Crippen LogP contribution in [-0.2, 0) is 14.3 Å². The quantitative estimate of drug-likeness (QED) is 0.712. The Bertz CT molecular complexity index is 449. The molecule has 1 aromatic rings. The van der Waals surface area contributed by atoms with Gasteiger partial charge < -0.3 is 20.5 Å². The van der Waals surface area contributed by atoms with E-state index in [9.17, 15) is 9.59 Å². The molecule has 1 aromatic carbocycles. The molecule has 1 saturated heterocycles. The lowest BCUT2D eigenvalue weighted by atomic mass is 10.0. The van der Waals surface area contributed by atoms with Crippen LogP contribution in [0, 0.1) is 5.92 Å². The van der Waals surface area contributed by atoms with Crippen LogP contribution in [0.4, 0.5) is 5.69 Å². The summed E-state index contributed by atoms with van der Waals surface area (Å²) in [5.74, 6) is -1.86. The van der Waals surface area contributed by atoms with Gasteiger partial charge in [-0.3, -0.25) is 9.59 Å². The number of carboxylic acids is 1. The van der Waals surface area contributed by atoms with Crippen molar-refractivity contribution in [1.82, 2.24) is 5.32 Å². The van der Waals surface area contributed by atoms with Gasteiger partial charge in [0, 0.05) is 5.69 Å². The number of carbonyl (C=O) groups excluding carboxylic acids is 1. The lowest BCUT2D eigenvalue weighted by Gasteiger charge is -2.16. The third-order valence-corrected chi connectivity index (χ3v) is 2.97. The highest BCUT2D eigenvalue weighted by Crippen LogP contribution is 2.13. The number of benzene rings is 1. The Balaban J connectivity index is 1.80. The number of rotatable bonds is 5. The Labute approximate surface area is 110 Å². The van der Waals surface area contributed by atoms with Gasteiger partial charge in [0.1, 0.15) is 5.92 Å². The second-order valence-corrected chi connectivity index (χ2v) is 4.38. The molecule has 1 fully saturated rings. The first-order valence-electron chi connectivity index (χ1n) is 6.05. The largest absolute Gasteiger partial charge is 0.481 e. The molecular weight excluding hydrogens is 248 g/mol. The van der Waals surface area contributed by atoms with Crippen molar-refractivity contribution in [3.63, 3.8) is 0 Å². The molecular formula is C13H16N2O4. The highest BCUT2D eigenvalue weighted by Gasteiger charge is 2.34. The van der Waals surface area contributed by atoms with Crippen LogP contribution >= 0.6 is 0 Å². The van der Waals surface area contributed by atoms with E-state index in [0.717, 1.165) is 5.69 Å². The normalized spacial score (nSPS) is 21.9. The first-order chi connectivity index (χ1) is 9.16. The predicted molar refractivity (Wildman–Crippen MR) is 68.8 cm³/mol. The molecule has 3 N–H and O–H groups in total. The van der Waals surface area contributed by atoms with E-state index in [4.69, 9.17) is 9.84 Å². The van der Waals surface area contributed by atoms with Crippen LogP contribution in [0.15, 0.2) is 30.3 Å². The average molecular weight is 264 g/mol. The van der Waals surface area contributed by atoms with Crippen molar-refractivity contribution >= 4 is 17.6 Å². The molecule has 0 bridgehead atoms. The Morgan fingerprint density at radius 3 is 2.68 bits per heavy atom. The topological polar surface area (TPSA) is 87.7 Å². The first kappa shape index (κ1) is 13.4. The molecule has 2 rings (SSSR count). The van der Waals surface area contributed by atoms with Gasteiger partial charge in [-0.2, -0.15) is 0 Å². The lowest BCUT2D eigenvalue weighted by molar-refractivity contribution is -0.142. The number of anilines is 1. The van der Waals surface area contributed by atoms with Crippen LogP contribution in [0.1, 0.15) is 0 Å². The lowest BCUT2D eigenvalue weighted by Crippen LogP contribution is -2.44. The van der Waals surface area contributed by atoms with Gasteiger partial charge in [0.25, 0.3) is 0 Å². The molecule has 0 aromatic heterocycles. The molecule has 1 amide bonds. The summed E-state index contributed by atoms with van der Waals surface area (Å²) in [6, 6.07) is 8.87. The van der Waals surface area contributed by atoms with E-state index >= 15 is 0 Å². The maximum atomic E-state index is 11.7. The standard InChI is InChI=1S/C13H16N2O4/c16-12(6-14-9-4-2-1-3-5-9)15-11-8-19-7-10(11)13(17)18/h1-5,10-11,14H,6-8H2,(H,15,16)(H,17,18). The third-order valence-electron chi connectivity index (χ3n) is 2.97. The average Bonchev–Trinajstić information content (AvgIpc) is 2.86. The number of hydrogen-bond acceptors (Lipinski definition) is 4. The molecule has 0 radical (unpaired) electrons. The van der Waals surface area contributed by atoms with Crippen molar-refractivity contribution in [3.8, 4) is 0 Å². The van der Waals surface area contributed by atoms with Gasteiger partial charge in [-0.1, -0.05) is 18.2 Å². The number of ether oxygens (including phenoxy) is 1. The van der Waals surface area contributed by atoms with Gasteiger partial charge in [0.05, 0.1) is 25.8 Å². The van der Waals surface area contributed by atoms with Crippen LogP contribution in [0.5, 0.6) is 0 Å². The maximum absolute atomic E-state index is 11.7. The SMILES string of the molecule is O=C(CNc1ccccc1)NC1COCC1C(=O)O. The number of para-hydroxylation sites is 1. The number of amides is 1.